The Morgan fingerprint density at radius 3 is 3.05 bits per heavy atom. The molecule has 21 heavy (non-hydrogen) atoms. The van der Waals surface area contributed by atoms with Crippen LogP contribution < -0.4 is 16.2 Å². The van der Waals surface area contributed by atoms with Crippen molar-refractivity contribution in [3.05, 3.63) is 52.4 Å². The molecular weight excluding hydrogens is 292 g/mol. The molecular formula is C14H15ClN4O2. The first-order valence-electron chi connectivity index (χ1n) is 6.61. The van der Waals surface area contributed by atoms with Gasteiger partial charge in [-0.2, -0.15) is 0 Å². The number of aromatic nitrogens is 1. The van der Waals surface area contributed by atoms with E-state index in [2.05, 4.69) is 21.3 Å². The summed E-state index contributed by atoms with van der Waals surface area (Å²) in [5.41, 5.74) is 7.43. The Morgan fingerprint density at radius 1 is 1.48 bits per heavy atom. The van der Waals surface area contributed by atoms with E-state index in [1.54, 1.807) is 13.0 Å². The van der Waals surface area contributed by atoms with E-state index < -0.39 is 0 Å². The maximum Gasteiger partial charge on any atom is 0.274 e. The maximum atomic E-state index is 12.1. The Balaban J connectivity index is 1.74. The smallest absolute Gasteiger partial charge is 0.274 e. The van der Waals surface area contributed by atoms with Crippen LogP contribution in [0.3, 0.4) is 0 Å². The Bertz CT molecular complexity index is 658. The Labute approximate surface area is 126 Å². The van der Waals surface area contributed by atoms with Gasteiger partial charge in [-0.15, -0.1) is 0 Å². The van der Waals surface area contributed by atoms with Gasteiger partial charge in [0, 0.05) is 23.6 Å². The number of hydrogen-bond donors (Lipinski definition) is 3. The lowest BCUT2D eigenvalue weighted by Crippen LogP contribution is -2.46. The molecule has 3 N–H and O–H groups in total. The first-order valence-corrected chi connectivity index (χ1v) is 6.99. The van der Waals surface area contributed by atoms with Gasteiger partial charge in [-0.05, 0) is 24.6 Å². The Hall–Kier alpha value is -1.89. The summed E-state index contributed by atoms with van der Waals surface area (Å²) in [4.78, 5) is 12.1. The van der Waals surface area contributed by atoms with E-state index in [0.29, 0.717) is 17.3 Å². The fourth-order valence-electron chi connectivity index (χ4n) is 2.37. The van der Waals surface area contributed by atoms with E-state index in [9.17, 15) is 4.79 Å². The molecule has 0 aliphatic carbocycles. The highest BCUT2D eigenvalue weighted by Crippen LogP contribution is 2.23. The van der Waals surface area contributed by atoms with Crippen LogP contribution in [0.15, 0.2) is 34.9 Å². The lowest BCUT2D eigenvalue weighted by molar-refractivity contribution is 0.0919. The third-order valence-corrected chi connectivity index (χ3v) is 3.64. The quantitative estimate of drug-likeness (QED) is 0.802. The molecule has 0 spiro atoms. The molecule has 1 fully saturated rings. The molecule has 2 heterocycles. The average molecular weight is 307 g/mol. The van der Waals surface area contributed by atoms with Crippen molar-refractivity contribution in [2.24, 2.45) is 0 Å². The van der Waals surface area contributed by atoms with Crippen LogP contribution in [0.25, 0.3) is 0 Å². The molecule has 3 rings (SSSR count). The molecule has 0 saturated carbocycles. The van der Waals surface area contributed by atoms with E-state index in [1.165, 1.54) is 0 Å². The summed E-state index contributed by atoms with van der Waals surface area (Å²) in [6.45, 7) is 2.44. The number of hydrogen-bond acceptors (Lipinski definition) is 5. The molecule has 2 atom stereocenters. The minimum Gasteiger partial charge on any atom is -0.361 e. The summed E-state index contributed by atoms with van der Waals surface area (Å²) in [5.74, 6) is 0.407. The molecule has 2 unspecified atom stereocenters. The third-order valence-electron chi connectivity index (χ3n) is 3.41. The van der Waals surface area contributed by atoms with Crippen LogP contribution in [0.5, 0.6) is 0 Å². The monoisotopic (exact) mass is 306 g/mol. The topological polar surface area (TPSA) is 79.2 Å². The summed E-state index contributed by atoms with van der Waals surface area (Å²) in [6, 6.07) is 9.22. The second-order valence-electron chi connectivity index (χ2n) is 4.96. The first-order chi connectivity index (χ1) is 10.1. The molecule has 1 aliphatic rings. The predicted molar refractivity (Wildman–Crippen MR) is 77.8 cm³/mol. The highest BCUT2D eigenvalue weighted by atomic mass is 35.5. The van der Waals surface area contributed by atoms with Crippen LogP contribution in [-0.2, 0) is 0 Å². The first kappa shape index (κ1) is 14.1. The van der Waals surface area contributed by atoms with Crippen molar-refractivity contribution in [2.45, 2.75) is 19.0 Å². The van der Waals surface area contributed by atoms with Crippen LogP contribution in [0, 0.1) is 6.92 Å². The predicted octanol–water partition coefficient (Wildman–Crippen LogP) is 1.58. The average Bonchev–Trinajstić information content (AvgIpc) is 3.08. The van der Waals surface area contributed by atoms with Crippen molar-refractivity contribution in [3.63, 3.8) is 0 Å². The minimum atomic E-state index is -0.278. The van der Waals surface area contributed by atoms with Gasteiger partial charge in [0.05, 0.1) is 0 Å². The van der Waals surface area contributed by atoms with Gasteiger partial charge in [-0.3, -0.25) is 10.2 Å². The summed E-state index contributed by atoms with van der Waals surface area (Å²) >= 11 is 6.02. The SMILES string of the molecule is Cc1cc(C(=O)NC2NNCC2c2cccc(Cl)c2)no1. The van der Waals surface area contributed by atoms with E-state index in [-0.39, 0.29) is 23.7 Å². The lowest BCUT2D eigenvalue weighted by Gasteiger charge is -2.19. The molecule has 1 aromatic heterocycles. The van der Waals surface area contributed by atoms with Crippen molar-refractivity contribution < 1.29 is 9.32 Å². The van der Waals surface area contributed by atoms with Gasteiger partial charge in [-0.25, -0.2) is 5.43 Å². The van der Waals surface area contributed by atoms with Crippen molar-refractivity contribution >= 4 is 17.5 Å². The van der Waals surface area contributed by atoms with Crippen LogP contribution in [0.4, 0.5) is 0 Å². The minimum absolute atomic E-state index is 0.0839. The Morgan fingerprint density at radius 2 is 2.33 bits per heavy atom. The van der Waals surface area contributed by atoms with E-state index >= 15 is 0 Å². The standard InChI is InChI=1S/C14H15ClN4O2/c1-8-5-12(19-21-8)14(20)17-13-11(7-16-18-13)9-3-2-4-10(15)6-9/h2-6,11,13,16,18H,7H2,1H3,(H,17,20). The number of carbonyl (C=O) groups is 1. The zero-order valence-corrected chi connectivity index (χ0v) is 12.1. The van der Waals surface area contributed by atoms with Crippen molar-refractivity contribution in [2.75, 3.05) is 6.54 Å². The van der Waals surface area contributed by atoms with Gasteiger partial charge in [0.25, 0.3) is 5.91 Å². The normalized spacial score (nSPS) is 21.4. The van der Waals surface area contributed by atoms with Crippen molar-refractivity contribution in [1.29, 1.82) is 0 Å². The Kier molecular flexibility index (Phi) is 3.92. The molecule has 1 amide bonds. The molecule has 110 valence electrons. The second-order valence-corrected chi connectivity index (χ2v) is 5.40. The van der Waals surface area contributed by atoms with Gasteiger partial charge in [0.1, 0.15) is 11.9 Å². The van der Waals surface area contributed by atoms with E-state index in [4.69, 9.17) is 16.1 Å². The molecule has 1 aromatic carbocycles. The summed E-state index contributed by atoms with van der Waals surface area (Å²) in [7, 11) is 0. The van der Waals surface area contributed by atoms with Crippen LogP contribution >= 0.6 is 11.6 Å². The number of carbonyl (C=O) groups excluding carboxylic acids is 1. The van der Waals surface area contributed by atoms with Gasteiger partial charge in [0.15, 0.2) is 5.69 Å². The molecule has 0 bridgehead atoms. The summed E-state index contributed by atoms with van der Waals surface area (Å²) in [6.07, 6.45) is -0.243. The highest BCUT2D eigenvalue weighted by molar-refractivity contribution is 6.30. The zero-order chi connectivity index (χ0) is 14.8. The molecule has 0 radical (unpaired) electrons. The van der Waals surface area contributed by atoms with Crippen LogP contribution in [0.2, 0.25) is 5.02 Å². The number of aryl methyl sites for hydroxylation is 1. The van der Waals surface area contributed by atoms with Crippen molar-refractivity contribution in [3.8, 4) is 0 Å². The van der Waals surface area contributed by atoms with E-state index in [1.807, 2.05) is 24.3 Å². The molecule has 1 saturated heterocycles. The zero-order valence-electron chi connectivity index (χ0n) is 11.4. The van der Waals surface area contributed by atoms with Gasteiger partial charge >= 0.3 is 0 Å². The number of rotatable bonds is 3. The second kappa shape index (κ2) is 5.85. The van der Waals surface area contributed by atoms with Crippen LogP contribution in [0.1, 0.15) is 27.7 Å². The summed E-state index contributed by atoms with van der Waals surface area (Å²) in [5, 5.41) is 7.29. The number of benzene rings is 1. The maximum absolute atomic E-state index is 12.1. The van der Waals surface area contributed by atoms with E-state index in [0.717, 1.165) is 5.56 Å². The summed E-state index contributed by atoms with van der Waals surface area (Å²) < 4.78 is 4.91. The van der Waals surface area contributed by atoms with Gasteiger partial charge < -0.3 is 9.84 Å². The van der Waals surface area contributed by atoms with Gasteiger partial charge in [-0.1, -0.05) is 28.9 Å². The largest absolute Gasteiger partial charge is 0.361 e. The molecule has 1 aliphatic heterocycles. The highest BCUT2D eigenvalue weighted by Gasteiger charge is 2.30. The number of hydrazine groups is 1. The van der Waals surface area contributed by atoms with Crippen molar-refractivity contribution in [1.82, 2.24) is 21.3 Å². The third kappa shape index (κ3) is 3.07. The number of amides is 1. The number of halogens is 1. The molecule has 6 nitrogen and oxygen atoms in total. The molecule has 7 heteroatoms. The number of nitrogens with zero attached hydrogens (tertiary/aromatic N) is 1. The lowest BCUT2D eigenvalue weighted by atomic mass is 9.97. The fraction of sp³-hybridized carbons (Fsp3) is 0.286. The molecule has 2 aromatic rings. The fourth-order valence-corrected chi connectivity index (χ4v) is 2.57. The van der Waals surface area contributed by atoms with Crippen LogP contribution in [-0.4, -0.2) is 23.8 Å². The number of nitrogens with one attached hydrogen (secondary N) is 3. The van der Waals surface area contributed by atoms with Gasteiger partial charge in [0.2, 0.25) is 0 Å².